The van der Waals surface area contributed by atoms with Gasteiger partial charge < -0.3 is 15.1 Å². The molecule has 6 nitrogen and oxygen atoms in total. The molecule has 1 aliphatic heterocycles. The molecule has 1 fully saturated rings. The first kappa shape index (κ1) is 18.3. The van der Waals surface area contributed by atoms with Gasteiger partial charge in [0.25, 0.3) is 5.91 Å². The molecule has 0 unspecified atom stereocenters. The third kappa shape index (κ3) is 4.23. The SMILES string of the molecule is Cc1cc(NC(=O)C[NH+]2CCN(c3ccccc3)CC2)n(-c2ccccc2)n1. The van der Waals surface area contributed by atoms with Crippen LogP contribution in [0.1, 0.15) is 5.69 Å². The molecule has 0 bridgehead atoms. The van der Waals surface area contributed by atoms with E-state index in [1.807, 2.05) is 49.4 Å². The van der Waals surface area contributed by atoms with Crippen LogP contribution in [-0.2, 0) is 4.79 Å². The summed E-state index contributed by atoms with van der Waals surface area (Å²) in [4.78, 5) is 16.3. The number of benzene rings is 2. The van der Waals surface area contributed by atoms with E-state index in [1.165, 1.54) is 10.6 Å². The average molecular weight is 376 g/mol. The number of nitrogens with zero attached hydrogens (tertiary/aromatic N) is 3. The lowest BCUT2D eigenvalue weighted by Crippen LogP contribution is -3.15. The number of hydrogen-bond donors (Lipinski definition) is 2. The molecule has 0 aliphatic carbocycles. The van der Waals surface area contributed by atoms with Gasteiger partial charge in [0.1, 0.15) is 5.82 Å². The van der Waals surface area contributed by atoms with E-state index in [0.717, 1.165) is 43.4 Å². The Morgan fingerprint density at radius 1 is 1.00 bits per heavy atom. The van der Waals surface area contributed by atoms with Gasteiger partial charge >= 0.3 is 0 Å². The minimum atomic E-state index is 0.0280. The van der Waals surface area contributed by atoms with E-state index in [1.54, 1.807) is 4.68 Å². The molecule has 1 aromatic heterocycles. The van der Waals surface area contributed by atoms with Gasteiger partial charge in [-0.25, -0.2) is 4.68 Å². The molecule has 3 aromatic rings. The third-order valence-electron chi connectivity index (χ3n) is 5.10. The summed E-state index contributed by atoms with van der Waals surface area (Å²) in [6, 6.07) is 22.2. The summed E-state index contributed by atoms with van der Waals surface area (Å²) in [5, 5.41) is 7.56. The van der Waals surface area contributed by atoms with E-state index in [0.29, 0.717) is 6.54 Å². The zero-order valence-corrected chi connectivity index (χ0v) is 16.1. The third-order valence-corrected chi connectivity index (χ3v) is 5.10. The van der Waals surface area contributed by atoms with Crippen molar-refractivity contribution in [2.24, 2.45) is 0 Å². The Kier molecular flexibility index (Phi) is 5.39. The van der Waals surface area contributed by atoms with Crippen molar-refractivity contribution >= 4 is 17.4 Å². The molecule has 0 spiro atoms. The van der Waals surface area contributed by atoms with Crippen LogP contribution < -0.4 is 15.1 Å². The summed E-state index contributed by atoms with van der Waals surface area (Å²) < 4.78 is 1.79. The molecule has 4 rings (SSSR count). The number of nitrogens with one attached hydrogen (secondary N) is 2. The Balaban J connectivity index is 1.35. The molecule has 1 aliphatic rings. The largest absolute Gasteiger partial charge is 0.360 e. The topological polar surface area (TPSA) is 54.6 Å². The van der Waals surface area contributed by atoms with Crippen molar-refractivity contribution in [1.29, 1.82) is 0 Å². The Labute approximate surface area is 165 Å². The Hall–Kier alpha value is -3.12. The fraction of sp³-hybridized carbons (Fsp3) is 0.273. The fourth-order valence-electron chi connectivity index (χ4n) is 3.67. The van der Waals surface area contributed by atoms with Gasteiger partial charge in [-0.1, -0.05) is 36.4 Å². The van der Waals surface area contributed by atoms with Crippen molar-refractivity contribution in [3.63, 3.8) is 0 Å². The predicted molar refractivity (Wildman–Crippen MR) is 111 cm³/mol. The summed E-state index contributed by atoms with van der Waals surface area (Å²) in [7, 11) is 0. The normalized spacial score (nSPS) is 14.8. The van der Waals surface area contributed by atoms with Crippen molar-refractivity contribution in [2.75, 3.05) is 42.9 Å². The van der Waals surface area contributed by atoms with Crippen LogP contribution in [0, 0.1) is 6.92 Å². The van der Waals surface area contributed by atoms with Gasteiger partial charge in [-0.3, -0.25) is 4.79 Å². The summed E-state index contributed by atoms with van der Waals surface area (Å²) in [5.41, 5.74) is 3.07. The van der Waals surface area contributed by atoms with Gasteiger partial charge in [-0.05, 0) is 31.2 Å². The molecular weight excluding hydrogens is 350 g/mol. The van der Waals surface area contributed by atoms with Crippen molar-refractivity contribution < 1.29 is 9.69 Å². The Bertz CT molecular complexity index is 915. The van der Waals surface area contributed by atoms with Crippen LogP contribution in [0.25, 0.3) is 5.69 Å². The van der Waals surface area contributed by atoms with E-state index in [-0.39, 0.29) is 5.91 Å². The highest BCUT2D eigenvalue weighted by Crippen LogP contribution is 2.16. The molecule has 1 amide bonds. The molecule has 2 aromatic carbocycles. The van der Waals surface area contributed by atoms with Crippen LogP contribution in [-0.4, -0.2) is 48.4 Å². The zero-order valence-electron chi connectivity index (χ0n) is 16.1. The molecule has 2 N–H and O–H groups in total. The summed E-state index contributed by atoms with van der Waals surface area (Å²) in [6.07, 6.45) is 0. The number of aryl methyl sites for hydroxylation is 1. The van der Waals surface area contributed by atoms with Crippen LogP contribution >= 0.6 is 0 Å². The van der Waals surface area contributed by atoms with Crippen molar-refractivity contribution in [3.8, 4) is 5.69 Å². The second-order valence-electron chi connectivity index (χ2n) is 7.22. The second-order valence-corrected chi connectivity index (χ2v) is 7.22. The highest BCUT2D eigenvalue weighted by Gasteiger charge is 2.23. The van der Waals surface area contributed by atoms with Crippen LogP contribution in [0.5, 0.6) is 0 Å². The maximum atomic E-state index is 12.6. The number of piperazine rings is 1. The number of quaternary nitrogens is 1. The minimum absolute atomic E-state index is 0.0280. The van der Waals surface area contributed by atoms with Gasteiger partial charge in [0, 0.05) is 11.8 Å². The highest BCUT2D eigenvalue weighted by atomic mass is 16.2. The summed E-state index contributed by atoms with van der Waals surface area (Å²) in [5.74, 6) is 0.747. The average Bonchev–Trinajstić information content (AvgIpc) is 3.10. The highest BCUT2D eigenvalue weighted by molar-refractivity contribution is 5.91. The summed E-state index contributed by atoms with van der Waals surface area (Å²) in [6.45, 7) is 6.25. The standard InChI is InChI=1S/C22H25N5O/c1-18-16-21(27(24-18)20-10-6-3-7-11-20)23-22(28)17-25-12-14-26(15-13-25)19-8-4-2-5-9-19/h2-11,16H,12-15,17H2,1H3,(H,23,28)/p+1. The number of rotatable bonds is 5. The number of para-hydroxylation sites is 2. The molecule has 0 saturated carbocycles. The van der Waals surface area contributed by atoms with E-state index < -0.39 is 0 Å². The van der Waals surface area contributed by atoms with Crippen molar-refractivity contribution in [2.45, 2.75) is 6.92 Å². The van der Waals surface area contributed by atoms with Crippen LogP contribution in [0.3, 0.4) is 0 Å². The number of anilines is 2. The fourth-order valence-corrected chi connectivity index (χ4v) is 3.67. The maximum absolute atomic E-state index is 12.6. The van der Waals surface area contributed by atoms with Crippen molar-refractivity contribution in [1.82, 2.24) is 9.78 Å². The Morgan fingerprint density at radius 3 is 2.25 bits per heavy atom. The monoisotopic (exact) mass is 376 g/mol. The lowest BCUT2D eigenvalue weighted by molar-refractivity contribution is -0.892. The molecule has 2 heterocycles. The lowest BCUT2D eigenvalue weighted by Gasteiger charge is -2.33. The molecule has 6 heteroatoms. The summed E-state index contributed by atoms with van der Waals surface area (Å²) >= 11 is 0. The van der Waals surface area contributed by atoms with Crippen LogP contribution in [0.2, 0.25) is 0 Å². The quantitative estimate of drug-likeness (QED) is 0.710. The number of carbonyl (C=O) groups excluding carboxylic acids is 1. The smallest absolute Gasteiger partial charge is 0.280 e. The van der Waals surface area contributed by atoms with Crippen molar-refractivity contribution in [3.05, 3.63) is 72.4 Å². The van der Waals surface area contributed by atoms with Gasteiger partial charge in [0.15, 0.2) is 6.54 Å². The van der Waals surface area contributed by atoms with Crippen LogP contribution in [0.15, 0.2) is 66.7 Å². The van der Waals surface area contributed by atoms with E-state index >= 15 is 0 Å². The van der Waals surface area contributed by atoms with Gasteiger partial charge in [0.05, 0.1) is 37.6 Å². The minimum Gasteiger partial charge on any atom is -0.360 e. The predicted octanol–water partition coefficient (Wildman–Crippen LogP) is 1.52. The van der Waals surface area contributed by atoms with Gasteiger partial charge in [0.2, 0.25) is 0 Å². The number of amides is 1. The number of hydrogen-bond acceptors (Lipinski definition) is 3. The van der Waals surface area contributed by atoms with E-state index in [2.05, 4.69) is 39.6 Å². The molecule has 1 saturated heterocycles. The van der Waals surface area contributed by atoms with Gasteiger partial charge in [-0.2, -0.15) is 5.10 Å². The van der Waals surface area contributed by atoms with E-state index in [4.69, 9.17) is 0 Å². The number of carbonyl (C=O) groups is 1. The zero-order chi connectivity index (χ0) is 19.3. The van der Waals surface area contributed by atoms with E-state index in [9.17, 15) is 4.79 Å². The molecular formula is C22H26N5O+. The molecule has 28 heavy (non-hydrogen) atoms. The second kappa shape index (κ2) is 8.27. The van der Waals surface area contributed by atoms with Gasteiger partial charge in [-0.15, -0.1) is 0 Å². The molecule has 0 atom stereocenters. The van der Waals surface area contributed by atoms with Crippen LogP contribution in [0.4, 0.5) is 11.5 Å². The molecule has 144 valence electrons. The first-order valence-corrected chi connectivity index (χ1v) is 9.74. The number of aromatic nitrogens is 2. The molecule has 0 radical (unpaired) electrons. The first-order valence-electron chi connectivity index (χ1n) is 9.74. The maximum Gasteiger partial charge on any atom is 0.280 e. The lowest BCUT2D eigenvalue weighted by atomic mass is 10.2. The first-order chi connectivity index (χ1) is 13.7. The Morgan fingerprint density at radius 2 is 1.61 bits per heavy atom.